The molecule has 0 spiro atoms. The molecule has 0 saturated heterocycles. The maximum Gasteiger partial charge on any atom is 0.122 e. The van der Waals surface area contributed by atoms with Gasteiger partial charge in [0, 0.05) is 18.2 Å². The standard InChI is InChI=1S/C17H32N2O/c1-5-8-11-19(15(4)7-3)14-17-16(9-12-20-17)13-18-10-6-2/h9,12,15,18H,5-8,10-11,13-14H2,1-4H3. The minimum atomic E-state index is 0.614. The van der Waals surface area contributed by atoms with Crippen LogP contribution in [0.25, 0.3) is 0 Å². The molecule has 0 aliphatic heterocycles. The Bertz CT molecular complexity index is 349. The largest absolute Gasteiger partial charge is 0.468 e. The molecule has 1 heterocycles. The Morgan fingerprint density at radius 1 is 1.25 bits per heavy atom. The monoisotopic (exact) mass is 280 g/mol. The van der Waals surface area contributed by atoms with E-state index in [0.29, 0.717) is 6.04 Å². The van der Waals surface area contributed by atoms with Crippen molar-refractivity contribution in [3.8, 4) is 0 Å². The molecule has 0 aliphatic carbocycles. The lowest BCUT2D eigenvalue weighted by Gasteiger charge is -2.27. The molecule has 0 fully saturated rings. The van der Waals surface area contributed by atoms with Gasteiger partial charge in [0.2, 0.25) is 0 Å². The van der Waals surface area contributed by atoms with Gasteiger partial charge in [0.05, 0.1) is 12.8 Å². The highest BCUT2D eigenvalue weighted by molar-refractivity contribution is 5.16. The zero-order chi connectivity index (χ0) is 14.8. The summed E-state index contributed by atoms with van der Waals surface area (Å²) in [6, 6.07) is 2.72. The van der Waals surface area contributed by atoms with Gasteiger partial charge >= 0.3 is 0 Å². The molecular formula is C17H32N2O. The first kappa shape index (κ1) is 17.3. The van der Waals surface area contributed by atoms with Gasteiger partial charge in [0.1, 0.15) is 5.76 Å². The molecule has 0 aromatic carbocycles. The van der Waals surface area contributed by atoms with E-state index in [9.17, 15) is 0 Å². The number of furan rings is 1. The van der Waals surface area contributed by atoms with Crippen LogP contribution in [0.15, 0.2) is 16.7 Å². The number of nitrogens with zero attached hydrogens (tertiary/aromatic N) is 1. The number of unbranched alkanes of at least 4 members (excludes halogenated alkanes) is 1. The Morgan fingerprint density at radius 2 is 2.05 bits per heavy atom. The van der Waals surface area contributed by atoms with Crippen molar-refractivity contribution < 1.29 is 4.42 Å². The molecule has 0 amide bonds. The molecule has 1 unspecified atom stereocenters. The predicted octanol–water partition coefficient (Wildman–Crippen LogP) is 4.18. The fraction of sp³-hybridized carbons (Fsp3) is 0.765. The number of rotatable bonds is 11. The molecule has 0 saturated carbocycles. The van der Waals surface area contributed by atoms with Gasteiger partial charge in [-0.3, -0.25) is 4.90 Å². The van der Waals surface area contributed by atoms with Crippen molar-refractivity contribution >= 4 is 0 Å². The second-order valence-corrected chi connectivity index (χ2v) is 5.63. The first-order chi connectivity index (χ1) is 9.72. The van der Waals surface area contributed by atoms with Gasteiger partial charge in [-0.15, -0.1) is 0 Å². The van der Waals surface area contributed by atoms with E-state index in [2.05, 4.69) is 44.0 Å². The third kappa shape index (κ3) is 5.68. The zero-order valence-electron chi connectivity index (χ0n) is 13.7. The summed E-state index contributed by atoms with van der Waals surface area (Å²) >= 11 is 0. The summed E-state index contributed by atoms with van der Waals surface area (Å²) in [5.74, 6) is 1.13. The maximum absolute atomic E-state index is 5.72. The summed E-state index contributed by atoms with van der Waals surface area (Å²) in [5.41, 5.74) is 1.31. The van der Waals surface area contributed by atoms with Crippen molar-refractivity contribution in [3.63, 3.8) is 0 Å². The molecule has 0 bridgehead atoms. The van der Waals surface area contributed by atoms with Crippen molar-refractivity contribution in [2.24, 2.45) is 0 Å². The highest BCUT2D eigenvalue weighted by Crippen LogP contribution is 2.17. The van der Waals surface area contributed by atoms with Gasteiger partial charge in [0.25, 0.3) is 0 Å². The number of nitrogens with one attached hydrogen (secondary N) is 1. The fourth-order valence-corrected chi connectivity index (χ4v) is 2.32. The van der Waals surface area contributed by atoms with Gasteiger partial charge in [-0.1, -0.05) is 27.2 Å². The summed E-state index contributed by atoms with van der Waals surface area (Å²) in [7, 11) is 0. The molecule has 3 nitrogen and oxygen atoms in total. The Morgan fingerprint density at radius 3 is 2.70 bits per heavy atom. The Hall–Kier alpha value is -0.800. The predicted molar refractivity (Wildman–Crippen MR) is 85.8 cm³/mol. The van der Waals surface area contributed by atoms with Crippen LogP contribution >= 0.6 is 0 Å². The lowest BCUT2D eigenvalue weighted by molar-refractivity contribution is 0.177. The SMILES string of the molecule is CCCCN(Cc1occc1CNCCC)C(C)CC. The highest BCUT2D eigenvalue weighted by Gasteiger charge is 2.16. The van der Waals surface area contributed by atoms with Crippen molar-refractivity contribution in [1.82, 2.24) is 10.2 Å². The lowest BCUT2D eigenvalue weighted by atomic mass is 10.1. The van der Waals surface area contributed by atoms with Gasteiger partial charge in [-0.25, -0.2) is 0 Å². The quantitative estimate of drug-likeness (QED) is 0.616. The van der Waals surface area contributed by atoms with Gasteiger partial charge in [-0.2, -0.15) is 0 Å². The molecule has 1 rings (SSSR count). The maximum atomic E-state index is 5.72. The van der Waals surface area contributed by atoms with E-state index in [1.54, 1.807) is 0 Å². The van der Waals surface area contributed by atoms with Crippen LogP contribution in [0.1, 0.15) is 64.7 Å². The summed E-state index contributed by atoms with van der Waals surface area (Å²) < 4.78 is 5.72. The molecule has 1 aromatic rings. The molecule has 3 heteroatoms. The second kappa shape index (κ2) is 10.0. The van der Waals surface area contributed by atoms with E-state index in [1.165, 1.54) is 31.2 Å². The van der Waals surface area contributed by atoms with E-state index in [0.717, 1.165) is 31.9 Å². The fourth-order valence-electron chi connectivity index (χ4n) is 2.32. The van der Waals surface area contributed by atoms with Crippen LogP contribution in [0.2, 0.25) is 0 Å². The van der Waals surface area contributed by atoms with Crippen molar-refractivity contribution in [3.05, 3.63) is 23.7 Å². The van der Waals surface area contributed by atoms with Crippen LogP contribution in [0, 0.1) is 0 Å². The van der Waals surface area contributed by atoms with Crippen LogP contribution in [0.3, 0.4) is 0 Å². The Balaban J connectivity index is 2.60. The molecule has 0 radical (unpaired) electrons. The summed E-state index contributed by atoms with van der Waals surface area (Å²) in [6.07, 6.45) is 6.69. The number of hydrogen-bond acceptors (Lipinski definition) is 3. The van der Waals surface area contributed by atoms with Gasteiger partial charge < -0.3 is 9.73 Å². The smallest absolute Gasteiger partial charge is 0.122 e. The van der Waals surface area contributed by atoms with Crippen LogP contribution in [-0.2, 0) is 13.1 Å². The summed E-state index contributed by atoms with van der Waals surface area (Å²) in [5, 5.41) is 3.46. The van der Waals surface area contributed by atoms with E-state index < -0.39 is 0 Å². The minimum absolute atomic E-state index is 0.614. The van der Waals surface area contributed by atoms with E-state index in [1.807, 2.05) is 6.26 Å². The summed E-state index contributed by atoms with van der Waals surface area (Å²) in [4.78, 5) is 2.55. The first-order valence-electron chi connectivity index (χ1n) is 8.22. The van der Waals surface area contributed by atoms with Gasteiger partial charge in [0.15, 0.2) is 0 Å². The van der Waals surface area contributed by atoms with Crippen molar-refractivity contribution in [2.45, 2.75) is 72.5 Å². The third-order valence-electron chi connectivity index (χ3n) is 3.94. The van der Waals surface area contributed by atoms with Gasteiger partial charge in [-0.05, 0) is 45.3 Å². The molecule has 1 N–H and O–H groups in total. The lowest BCUT2D eigenvalue weighted by Crippen LogP contribution is -2.33. The molecule has 1 aromatic heterocycles. The number of hydrogen-bond donors (Lipinski definition) is 1. The average Bonchev–Trinajstić information content (AvgIpc) is 2.90. The Labute approximate surface area is 124 Å². The summed E-state index contributed by atoms with van der Waals surface area (Å²) in [6.45, 7) is 13.1. The van der Waals surface area contributed by atoms with E-state index >= 15 is 0 Å². The normalized spacial score (nSPS) is 13.1. The highest BCUT2D eigenvalue weighted by atomic mass is 16.3. The molecule has 20 heavy (non-hydrogen) atoms. The molecule has 0 aliphatic rings. The van der Waals surface area contributed by atoms with Crippen molar-refractivity contribution in [1.29, 1.82) is 0 Å². The van der Waals surface area contributed by atoms with Crippen molar-refractivity contribution in [2.75, 3.05) is 13.1 Å². The van der Waals surface area contributed by atoms with Crippen LogP contribution < -0.4 is 5.32 Å². The van der Waals surface area contributed by atoms with Crippen LogP contribution in [0.4, 0.5) is 0 Å². The van der Waals surface area contributed by atoms with Crippen LogP contribution in [-0.4, -0.2) is 24.0 Å². The molecule has 1 atom stereocenters. The minimum Gasteiger partial charge on any atom is -0.468 e. The zero-order valence-corrected chi connectivity index (χ0v) is 13.7. The van der Waals surface area contributed by atoms with E-state index in [4.69, 9.17) is 4.42 Å². The third-order valence-corrected chi connectivity index (χ3v) is 3.94. The topological polar surface area (TPSA) is 28.4 Å². The first-order valence-corrected chi connectivity index (χ1v) is 8.22. The Kier molecular flexibility index (Phi) is 8.63. The molecular weight excluding hydrogens is 248 g/mol. The second-order valence-electron chi connectivity index (χ2n) is 5.63. The molecule has 116 valence electrons. The van der Waals surface area contributed by atoms with E-state index in [-0.39, 0.29) is 0 Å². The van der Waals surface area contributed by atoms with Crippen LogP contribution in [0.5, 0.6) is 0 Å². The average molecular weight is 280 g/mol.